The molecular weight excluding hydrogens is 149 g/mol. The Morgan fingerprint density at radius 1 is 1.60 bits per heavy atom. The van der Waals surface area contributed by atoms with Crippen molar-refractivity contribution >= 4 is 5.90 Å². The van der Waals surface area contributed by atoms with E-state index in [-0.39, 0.29) is 5.90 Å². The van der Waals surface area contributed by atoms with Gasteiger partial charge in [-0.15, -0.1) is 5.10 Å². The van der Waals surface area contributed by atoms with E-state index in [1.807, 2.05) is 0 Å². The van der Waals surface area contributed by atoms with E-state index in [9.17, 15) is 13.2 Å². The normalized spacial score (nSPS) is 25.2. The molecule has 6 heteroatoms. The smallest absolute Gasteiger partial charge is 0.445 e. The molecule has 0 aromatic rings. The number of hydrazone groups is 1. The van der Waals surface area contributed by atoms with E-state index < -0.39 is 12.4 Å². The van der Waals surface area contributed by atoms with Crippen LogP contribution >= 0.6 is 0 Å². The molecule has 1 aliphatic rings. The molecule has 10 heavy (non-hydrogen) atoms. The number of rotatable bonds is 0. The van der Waals surface area contributed by atoms with Gasteiger partial charge in [0.05, 0.1) is 0 Å². The summed E-state index contributed by atoms with van der Waals surface area (Å²) in [4.78, 5) is 0. The van der Waals surface area contributed by atoms with E-state index in [4.69, 9.17) is 0 Å². The second kappa shape index (κ2) is 2.03. The molecule has 0 aliphatic carbocycles. The Morgan fingerprint density at radius 3 is 2.40 bits per heavy atom. The van der Waals surface area contributed by atoms with E-state index in [1.165, 1.54) is 6.92 Å². The fourth-order valence-electron chi connectivity index (χ4n) is 0.513. The van der Waals surface area contributed by atoms with Crippen LogP contribution in [-0.4, -0.2) is 18.3 Å². The van der Waals surface area contributed by atoms with Crippen LogP contribution in [0.1, 0.15) is 6.92 Å². The van der Waals surface area contributed by atoms with Gasteiger partial charge in [0.2, 0.25) is 5.90 Å². The van der Waals surface area contributed by atoms with Crippen LogP contribution in [0.5, 0.6) is 0 Å². The van der Waals surface area contributed by atoms with Crippen LogP contribution in [0.25, 0.3) is 0 Å². The van der Waals surface area contributed by atoms with Gasteiger partial charge in [-0.25, -0.2) is 0 Å². The second-order valence-electron chi connectivity index (χ2n) is 1.80. The lowest BCUT2D eigenvalue weighted by Gasteiger charge is -2.13. The zero-order chi connectivity index (χ0) is 7.78. The summed E-state index contributed by atoms with van der Waals surface area (Å²) in [6, 6.07) is 0. The molecule has 0 aromatic carbocycles. The maximum absolute atomic E-state index is 11.7. The third kappa shape index (κ3) is 1.31. The molecule has 0 fully saturated rings. The molecule has 0 amide bonds. The summed E-state index contributed by atoms with van der Waals surface area (Å²) in [5.74, 6) is 0.00215. The molecule has 0 saturated heterocycles. The monoisotopic (exact) mass is 154 g/mol. The summed E-state index contributed by atoms with van der Waals surface area (Å²) in [7, 11) is 0. The molecule has 0 aromatic heterocycles. The van der Waals surface area contributed by atoms with Gasteiger partial charge in [-0.1, -0.05) is 0 Å². The largest absolute Gasteiger partial charge is 0.446 e. The molecule has 58 valence electrons. The van der Waals surface area contributed by atoms with Crippen molar-refractivity contribution in [3.05, 3.63) is 0 Å². The Bertz CT molecular complexity index is 164. The highest BCUT2D eigenvalue weighted by atomic mass is 19.4. The minimum atomic E-state index is -4.39. The van der Waals surface area contributed by atoms with Gasteiger partial charge in [0.25, 0.3) is 6.23 Å². The number of ether oxygens (including phenoxy) is 1. The third-order valence-electron chi connectivity index (χ3n) is 0.925. The first-order chi connectivity index (χ1) is 4.50. The summed E-state index contributed by atoms with van der Waals surface area (Å²) in [6.07, 6.45) is -6.35. The van der Waals surface area contributed by atoms with Gasteiger partial charge < -0.3 is 4.74 Å². The Balaban J connectivity index is 2.50. The van der Waals surface area contributed by atoms with Crippen molar-refractivity contribution < 1.29 is 17.9 Å². The van der Waals surface area contributed by atoms with E-state index in [0.29, 0.717) is 0 Å². The first kappa shape index (κ1) is 7.17. The average Bonchev–Trinajstić information content (AvgIpc) is 2.11. The maximum Gasteiger partial charge on any atom is 0.446 e. The van der Waals surface area contributed by atoms with Crippen molar-refractivity contribution in [3.63, 3.8) is 0 Å². The van der Waals surface area contributed by atoms with Crippen LogP contribution in [-0.2, 0) is 4.74 Å². The molecule has 0 bridgehead atoms. The minimum absolute atomic E-state index is 0.00215. The number of hydrogen-bond donors (Lipinski definition) is 1. The number of halogens is 3. The van der Waals surface area contributed by atoms with Crippen molar-refractivity contribution in [3.8, 4) is 0 Å². The maximum atomic E-state index is 11.7. The van der Waals surface area contributed by atoms with Crippen LogP contribution in [0.3, 0.4) is 0 Å². The molecule has 1 unspecified atom stereocenters. The van der Waals surface area contributed by atoms with Crippen molar-refractivity contribution in [1.29, 1.82) is 0 Å². The van der Waals surface area contributed by atoms with Gasteiger partial charge in [0.15, 0.2) is 0 Å². The highest BCUT2D eigenvalue weighted by molar-refractivity contribution is 5.74. The minimum Gasteiger partial charge on any atom is -0.445 e. The quantitative estimate of drug-likeness (QED) is 0.560. The van der Waals surface area contributed by atoms with E-state index in [2.05, 4.69) is 9.84 Å². The highest BCUT2D eigenvalue weighted by Crippen LogP contribution is 2.23. The number of alkyl halides is 3. The Labute approximate surface area is 54.9 Å². The Kier molecular flexibility index (Phi) is 1.46. The van der Waals surface area contributed by atoms with Gasteiger partial charge in [0, 0.05) is 6.92 Å². The van der Waals surface area contributed by atoms with Crippen molar-refractivity contribution in [1.82, 2.24) is 5.43 Å². The van der Waals surface area contributed by atoms with Crippen LogP contribution in [0.2, 0.25) is 0 Å². The number of hydrogen-bond acceptors (Lipinski definition) is 3. The molecule has 1 rings (SSSR count). The molecule has 1 aliphatic heterocycles. The molecule has 3 nitrogen and oxygen atoms in total. The van der Waals surface area contributed by atoms with Crippen LogP contribution in [0.15, 0.2) is 5.10 Å². The van der Waals surface area contributed by atoms with Gasteiger partial charge in [-0.2, -0.15) is 13.2 Å². The Morgan fingerprint density at radius 2 is 2.20 bits per heavy atom. The molecule has 1 atom stereocenters. The Hall–Kier alpha value is -0.940. The topological polar surface area (TPSA) is 33.6 Å². The summed E-state index contributed by atoms with van der Waals surface area (Å²) >= 11 is 0. The van der Waals surface area contributed by atoms with Gasteiger partial charge in [-0.3, -0.25) is 5.43 Å². The van der Waals surface area contributed by atoms with Crippen LogP contribution < -0.4 is 5.43 Å². The molecule has 1 heterocycles. The molecule has 0 radical (unpaired) electrons. The lowest BCUT2D eigenvalue weighted by atomic mass is 10.6. The SMILES string of the molecule is CC1=NNC(C(F)(F)F)O1. The van der Waals surface area contributed by atoms with Crippen molar-refractivity contribution in [2.75, 3.05) is 0 Å². The predicted molar refractivity (Wildman–Crippen MR) is 27.2 cm³/mol. The summed E-state index contributed by atoms with van der Waals surface area (Å²) < 4.78 is 39.3. The van der Waals surface area contributed by atoms with Crippen molar-refractivity contribution in [2.45, 2.75) is 19.3 Å². The van der Waals surface area contributed by atoms with Gasteiger partial charge in [-0.05, 0) is 0 Å². The predicted octanol–water partition coefficient (Wildman–Crippen LogP) is 0.828. The first-order valence-electron chi connectivity index (χ1n) is 2.53. The zero-order valence-corrected chi connectivity index (χ0v) is 5.07. The van der Waals surface area contributed by atoms with Crippen LogP contribution in [0.4, 0.5) is 13.2 Å². The van der Waals surface area contributed by atoms with Crippen molar-refractivity contribution in [2.24, 2.45) is 5.10 Å². The lowest BCUT2D eigenvalue weighted by molar-refractivity contribution is -0.202. The molecule has 0 saturated carbocycles. The average molecular weight is 154 g/mol. The molecule has 1 N–H and O–H groups in total. The fraction of sp³-hybridized carbons (Fsp3) is 0.750. The van der Waals surface area contributed by atoms with Crippen LogP contribution in [0, 0.1) is 0 Å². The standard InChI is InChI=1S/C4H5F3N2O/c1-2-8-9-3(10-2)4(5,6)7/h3,9H,1H3. The lowest BCUT2D eigenvalue weighted by Crippen LogP contribution is -2.38. The summed E-state index contributed by atoms with van der Waals surface area (Å²) in [5.41, 5.74) is 1.79. The van der Waals surface area contributed by atoms with E-state index in [1.54, 1.807) is 5.43 Å². The number of nitrogens with zero attached hydrogens (tertiary/aromatic N) is 1. The third-order valence-corrected chi connectivity index (χ3v) is 0.925. The van der Waals surface area contributed by atoms with Gasteiger partial charge >= 0.3 is 6.18 Å². The fourth-order valence-corrected chi connectivity index (χ4v) is 0.513. The summed E-state index contributed by atoms with van der Waals surface area (Å²) in [6.45, 7) is 1.35. The van der Waals surface area contributed by atoms with E-state index >= 15 is 0 Å². The second-order valence-corrected chi connectivity index (χ2v) is 1.80. The summed E-state index contributed by atoms with van der Waals surface area (Å²) in [5, 5.41) is 3.21. The molecular formula is C4H5F3N2O. The zero-order valence-electron chi connectivity index (χ0n) is 5.07. The highest BCUT2D eigenvalue weighted by Gasteiger charge is 2.44. The number of nitrogens with one attached hydrogen (secondary N) is 1. The first-order valence-corrected chi connectivity index (χ1v) is 2.53. The molecule has 0 spiro atoms. The van der Waals surface area contributed by atoms with Gasteiger partial charge in [0.1, 0.15) is 0 Å². The van der Waals surface area contributed by atoms with E-state index in [0.717, 1.165) is 0 Å².